The molecule has 4 aromatic rings. The Bertz CT molecular complexity index is 1360. The standard InChI is InChI=1S/C25H19BrN2O3/c1-25(2,3)15-5-11-21-20(13-15)27-22(31-21)14-4-10-18-19(12-14)24(30)28(23(18)29)17-8-6-16(26)7-9-17/h4-13H,1-3H3. The van der Waals surface area contributed by atoms with Crippen LogP contribution in [0.5, 0.6) is 0 Å². The summed E-state index contributed by atoms with van der Waals surface area (Å²) in [6.07, 6.45) is 0. The summed E-state index contributed by atoms with van der Waals surface area (Å²) in [7, 11) is 0. The first-order valence-corrected chi connectivity index (χ1v) is 10.7. The predicted octanol–water partition coefficient (Wildman–Crippen LogP) is 6.36. The smallest absolute Gasteiger partial charge is 0.266 e. The molecule has 0 radical (unpaired) electrons. The van der Waals surface area contributed by atoms with Crippen molar-refractivity contribution in [3.8, 4) is 11.5 Å². The van der Waals surface area contributed by atoms with Crippen molar-refractivity contribution in [1.82, 2.24) is 4.98 Å². The highest BCUT2D eigenvalue weighted by Crippen LogP contribution is 2.34. The molecule has 2 amide bonds. The number of aromatic nitrogens is 1. The second-order valence-corrected chi connectivity index (χ2v) is 9.55. The Hall–Kier alpha value is -3.25. The molecule has 0 spiro atoms. The predicted molar refractivity (Wildman–Crippen MR) is 123 cm³/mol. The van der Waals surface area contributed by atoms with E-state index in [1.54, 1.807) is 42.5 Å². The van der Waals surface area contributed by atoms with Crippen molar-refractivity contribution in [3.05, 3.63) is 81.8 Å². The molecular formula is C25H19BrN2O3. The first-order valence-electron chi connectivity index (χ1n) is 9.92. The Kier molecular flexibility index (Phi) is 4.38. The number of carbonyl (C=O) groups excluding carboxylic acids is 2. The third-order valence-electron chi connectivity index (χ3n) is 5.47. The van der Waals surface area contributed by atoms with Gasteiger partial charge in [-0.1, -0.05) is 42.8 Å². The summed E-state index contributed by atoms with van der Waals surface area (Å²) in [5.41, 5.74) is 4.54. The normalized spacial score (nSPS) is 13.9. The lowest BCUT2D eigenvalue weighted by Crippen LogP contribution is -2.29. The number of oxazole rings is 1. The number of amides is 2. The van der Waals surface area contributed by atoms with Gasteiger partial charge in [0.2, 0.25) is 5.89 Å². The number of hydrogen-bond donors (Lipinski definition) is 0. The van der Waals surface area contributed by atoms with Gasteiger partial charge >= 0.3 is 0 Å². The molecule has 0 N–H and O–H groups in total. The highest BCUT2D eigenvalue weighted by atomic mass is 79.9. The third kappa shape index (κ3) is 3.27. The molecule has 31 heavy (non-hydrogen) atoms. The Morgan fingerprint density at radius 1 is 0.871 bits per heavy atom. The van der Waals surface area contributed by atoms with Crippen molar-refractivity contribution in [3.63, 3.8) is 0 Å². The molecule has 0 fully saturated rings. The molecule has 6 heteroatoms. The van der Waals surface area contributed by atoms with Crippen molar-refractivity contribution in [2.24, 2.45) is 0 Å². The van der Waals surface area contributed by atoms with Crippen LogP contribution in [0.4, 0.5) is 5.69 Å². The number of imide groups is 1. The van der Waals surface area contributed by atoms with Gasteiger partial charge in [-0.15, -0.1) is 0 Å². The van der Waals surface area contributed by atoms with Crippen LogP contribution in [0.25, 0.3) is 22.6 Å². The lowest BCUT2D eigenvalue weighted by molar-refractivity contribution is 0.0926. The molecule has 2 heterocycles. The average Bonchev–Trinajstić information content (AvgIpc) is 3.27. The molecule has 154 valence electrons. The first-order chi connectivity index (χ1) is 14.7. The summed E-state index contributed by atoms with van der Waals surface area (Å²) >= 11 is 3.37. The maximum absolute atomic E-state index is 13.0. The summed E-state index contributed by atoms with van der Waals surface area (Å²) in [5, 5.41) is 0. The second-order valence-electron chi connectivity index (χ2n) is 8.63. The zero-order valence-corrected chi connectivity index (χ0v) is 18.9. The number of anilines is 1. The van der Waals surface area contributed by atoms with Crippen LogP contribution in [-0.4, -0.2) is 16.8 Å². The molecule has 3 aromatic carbocycles. The molecule has 0 aliphatic carbocycles. The van der Waals surface area contributed by atoms with Crippen molar-refractivity contribution >= 4 is 44.5 Å². The molecule has 1 aromatic heterocycles. The summed E-state index contributed by atoms with van der Waals surface area (Å²) in [5.74, 6) is -0.261. The molecule has 1 aliphatic heterocycles. The van der Waals surface area contributed by atoms with Crippen molar-refractivity contribution < 1.29 is 14.0 Å². The first kappa shape index (κ1) is 19.7. The van der Waals surface area contributed by atoms with E-state index in [0.29, 0.717) is 33.9 Å². The molecule has 5 rings (SSSR count). The zero-order chi connectivity index (χ0) is 21.9. The second kappa shape index (κ2) is 6.89. The molecule has 0 unspecified atom stereocenters. The number of fused-ring (bicyclic) bond motifs is 2. The van der Waals surface area contributed by atoms with Crippen LogP contribution in [0, 0.1) is 0 Å². The number of halogens is 1. The summed E-state index contributed by atoms with van der Waals surface area (Å²) in [4.78, 5) is 31.7. The monoisotopic (exact) mass is 474 g/mol. The number of rotatable bonds is 2. The largest absolute Gasteiger partial charge is 0.436 e. The number of nitrogens with zero attached hydrogens (tertiary/aromatic N) is 2. The quantitative estimate of drug-likeness (QED) is 0.317. The van der Waals surface area contributed by atoms with Crippen LogP contribution in [0.15, 0.2) is 69.6 Å². The van der Waals surface area contributed by atoms with Gasteiger partial charge in [-0.2, -0.15) is 0 Å². The summed E-state index contributed by atoms with van der Waals surface area (Å²) in [6.45, 7) is 6.44. The maximum Gasteiger partial charge on any atom is 0.266 e. The van der Waals surface area contributed by atoms with Crippen LogP contribution in [0.2, 0.25) is 0 Å². The van der Waals surface area contributed by atoms with Gasteiger partial charge in [-0.05, 0) is 65.6 Å². The molecule has 0 saturated carbocycles. The Labute approximate surface area is 187 Å². The van der Waals surface area contributed by atoms with Crippen molar-refractivity contribution in [2.45, 2.75) is 26.2 Å². The fourth-order valence-corrected chi connectivity index (χ4v) is 3.98. The van der Waals surface area contributed by atoms with E-state index in [9.17, 15) is 9.59 Å². The van der Waals surface area contributed by atoms with Gasteiger partial charge in [0.05, 0.1) is 16.8 Å². The summed E-state index contributed by atoms with van der Waals surface area (Å²) < 4.78 is 6.82. The van der Waals surface area contributed by atoms with E-state index in [2.05, 4.69) is 41.7 Å². The minimum absolute atomic E-state index is 0.00411. The Morgan fingerprint density at radius 2 is 1.58 bits per heavy atom. The van der Waals surface area contributed by atoms with Crippen LogP contribution >= 0.6 is 15.9 Å². The number of carbonyl (C=O) groups is 2. The van der Waals surface area contributed by atoms with Crippen LogP contribution in [0.1, 0.15) is 47.1 Å². The van der Waals surface area contributed by atoms with E-state index < -0.39 is 0 Å². The zero-order valence-electron chi connectivity index (χ0n) is 17.3. The molecule has 0 saturated heterocycles. The van der Waals surface area contributed by atoms with E-state index in [0.717, 1.165) is 9.99 Å². The van der Waals surface area contributed by atoms with Crippen LogP contribution in [0.3, 0.4) is 0 Å². The fourth-order valence-electron chi connectivity index (χ4n) is 3.72. The molecular weight excluding hydrogens is 456 g/mol. The lowest BCUT2D eigenvalue weighted by atomic mass is 9.87. The Morgan fingerprint density at radius 3 is 2.29 bits per heavy atom. The Balaban J connectivity index is 1.54. The van der Waals surface area contributed by atoms with E-state index in [-0.39, 0.29) is 17.2 Å². The summed E-state index contributed by atoms with van der Waals surface area (Å²) in [6, 6.07) is 18.2. The van der Waals surface area contributed by atoms with Gasteiger partial charge in [0.15, 0.2) is 5.58 Å². The molecule has 1 aliphatic rings. The maximum atomic E-state index is 13.0. The molecule has 5 nitrogen and oxygen atoms in total. The lowest BCUT2D eigenvalue weighted by Gasteiger charge is -2.18. The van der Waals surface area contributed by atoms with E-state index in [1.807, 2.05) is 18.2 Å². The van der Waals surface area contributed by atoms with Gasteiger partial charge in [0.1, 0.15) is 5.52 Å². The van der Waals surface area contributed by atoms with Gasteiger partial charge in [-0.25, -0.2) is 9.88 Å². The molecule has 0 atom stereocenters. The van der Waals surface area contributed by atoms with E-state index >= 15 is 0 Å². The van der Waals surface area contributed by atoms with Gasteiger partial charge in [0.25, 0.3) is 11.8 Å². The van der Waals surface area contributed by atoms with E-state index in [4.69, 9.17) is 4.42 Å². The number of hydrogen-bond acceptors (Lipinski definition) is 4. The van der Waals surface area contributed by atoms with Gasteiger partial charge in [-0.3, -0.25) is 9.59 Å². The van der Waals surface area contributed by atoms with Crippen molar-refractivity contribution in [2.75, 3.05) is 4.90 Å². The molecule has 0 bridgehead atoms. The minimum atomic E-state index is -0.352. The average molecular weight is 475 g/mol. The van der Waals surface area contributed by atoms with Gasteiger partial charge in [0, 0.05) is 10.0 Å². The minimum Gasteiger partial charge on any atom is -0.436 e. The van der Waals surface area contributed by atoms with Crippen LogP contribution < -0.4 is 4.90 Å². The fraction of sp³-hybridized carbons (Fsp3) is 0.160. The number of benzene rings is 3. The van der Waals surface area contributed by atoms with Crippen LogP contribution in [-0.2, 0) is 5.41 Å². The van der Waals surface area contributed by atoms with E-state index in [1.165, 1.54) is 10.5 Å². The SMILES string of the molecule is CC(C)(C)c1ccc2oc(-c3ccc4c(c3)C(=O)N(c3ccc(Br)cc3)C4=O)nc2c1. The van der Waals surface area contributed by atoms with Crippen molar-refractivity contribution in [1.29, 1.82) is 0 Å². The highest BCUT2D eigenvalue weighted by molar-refractivity contribution is 9.10. The topological polar surface area (TPSA) is 63.4 Å². The third-order valence-corrected chi connectivity index (χ3v) is 6.00. The van der Waals surface area contributed by atoms with Gasteiger partial charge < -0.3 is 4.42 Å². The highest BCUT2D eigenvalue weighted by Gasteiger charge is 2.37.